The summed E-state index contributed by atoms with van der Waals surface area (Å²) >= 11 is 1.04. The normalized spacial score (nSPS) is 12.2. The molecule has 1 rings (SSSR count). The maximum atomic E-state index is 11.5. The zero-order valence-electron chi connectivity index (χ0n) is 9.80. The van der Waals surface area contributed by atoms with Gasteiger partial charge in [-0.3, -0.25) is 14.2 Å². The zero-order valence-corrected chi connectivity index (χ0v) is 10.6. The largest absolute Gasteiger partial charge is 0.481 e. The molecule has 94 valence electrons. The van der Waals surface area contributed by atoms with Gasteiger partial charge in [0.05, 0.1) is 5.75 Å². The third-order valence-electron chi connectivity index (χ3n) is 2.17. The third kappa shape index (κ3) is 3.19. The van der Waals surface area contributed by atoms with Gasteiger partial charge in [0, 0.05) is 7.05 Å². The number of aryl methyl sites for hydroxylation is 1. The number of carboxylic acid groups (broad SMARTS) is 1. The number of carbonyl (C=O) groups is 2. The van der Waals surface area contributed by atoms with Crippen molar-refractivity contribution < 1.29 is 14.7 Å². The smallest absolute Gasteiger partial charge is 0.313 e. The van der Waals surface area contributed by atoms with Crippen molar-refractivity contribution in [1.82, 2.24) is 20.1 Å². The average Bonchev–Trinajstić information content (AvgIpc) is 2.65. The van der Waals surface area contributed by atoms with Crippen LogP contribution < -0.4 is 5.32 Å². The molecular weight excluding hydrogens is 244 g/mol. The number of aliphatic carboxylic acids is 1. The summed E-state index contributed by atoms with van der Waals surface area (Å²) < 4.78 is 1.62. The summed E-state index contributed by atoms with van der Waals surface area (Å²) in [6.45, 7) is 3.43. The number of hydrogen-bond donors (Lipinski definition) is 2. The van der Waals surface area contributed by atoms with Crippen LogP contribution in [0.4, 0.5) is 0 Å². The Morgan fingerprint density at radius 1 is 1.53 bits per heavy atom. The van der Waals surface area contributed by atoms with Crippen LogP contribution >= 0.6 is 11.8 Å². The van der Waals surface area contributed by atoms with Crippen molar-refractivity contribution in [2.45, 2.75) is 25.0 Å². The van der Waals surface area contributed by atoms with Crippen molar-refractivity contribution in [3.63, 3.8) is 0 Å². The first kappa shape index (κ1) is 13.5. The Morgan fingerprint density at radius 3 is 2.71 bits per heavy atom. The molecular formula is C9H14N4O3S. The molecule has 0 aromatic carbocycles. The van der Waals surface area contributed by atoms with Gasteiger partial charge in [0.25, 0.3) is 0 Å². The van der Waals surface area contributed by atoms with Crippen LogP contribution in [0.2, 0.25) is 0 Å². The summed E-state index contributed by atoms with van der Waals surface area (Å²) in [7, 11) is 1.54. The number of amides is 1. The number of carboxylic acids is 1. The topological polar surface area (TPSA) is 97.1 Å². The summed E-state index contributed by atoms with van der Waals surface area (Å²) in [5.41, 5.74) is 0. The van der Waals surface area contributed by atoms with E-state index in [2.05, 4.69) is 15.5 Å². The molecule has 1 unspecified atom stereocenters. The van der Waals surface area contributed by atoms with Crippen LogP contribution in [0.25, 0.3) is 0 Å². The van der Waals surface area contributed by atoms with E-state index in [-0.39, 0.29) is 11.7 Å². The van der Waals surface area contributed by atoms with Gasteiger partial charge in [-0.05, 0) is 13.8 Å². The first-order valence-corrected chi connectivity index (χ1v) is 5.93. The Kier molecular flexibility index (Phi) is 4.50. The summed E-state index contributed by atoms with van der Waals surface area (Å²) in [6, 6.07) is -0.466. The molecule has 0 radical (unpaired) electrons. The summed E-state index contributed by atoms with van der Waals surface area (Å²) in [4.78, 5) is 22.0. The summed E-state index contributed by atoms with van der Waals surface area (Å²) in [5, 5.41) is 19.3. The van der Waals surface area contributed by atoms with Crippen LogP contribution in [0, 0.1) is 6.92 Å². The minimum atomic E-state index is -0.935. The summed E-state index contributed by atoms with van der Waals surface area (Å²) in [5.74, 6) is -0.646. The fraction of sp³-hybridized carbons (Fsp3) is 0.556. The van der Waals surface area contributed by atoms with E-state index >= 15 is 0 Å². The fourth-order valence-corrected chi connectivity index (χ4v) is 2.13. The van der Waals surface area contributed by atoms with E-state index in [1.165, 1.54) is 0 Å². The first-order valence-electron chi connectivity index (χ1n) is 4.95. The minimum absolute atomic E-state index is 0.113. The average molecular weight is 258 g/mol. The number of thioether (sulfide) groups is 1. The lowest BCUT2D eigenvalue weighted by molar-refractivity contribution is -0.133. The molecule has 1 aromatic rings. The highest BCUT2D eigenvalue weighted by atomic mass is 32.2. The Bertz CT molecular complexity index is 432. The molecule has 0 saturated carbocycles. The van der Waals surface area contributed by atoms with E-state index in [0.717, 1.165) is 11.8 Å². The molecule has 17 heavy (non-hydrogen) atoms. The molecule has 2 N–H and O–H groups in total. The second-order valence-electron chi connectivity index (χ2n) is 3.37. The van der Waals surface area contributed by atoms with Gasteiger partial charge in [-0.25, -0.2) is 0 Å². The van der Waals surface area contributed by atoms with E-state index in [1.54, 1.807) is 25.5 Å². The minimum Gasteiger partial charge on any atom is -0.481 e. The highest BCUT2D eigenvalue weighted by Crippen LogP contribution is 2.21. The quantitative estimate of drug-likeness (QED) is 0.725. The van der Waals surface area contributed by atoms with Gasteiger partial charge in [0.2, 0.25) is 5.91 Å². The lowest BCUT2D eigenvalue weighted by Gasteiger charge is -2.14. The molecule has 1 heterocycles. The SMILES string of the molecule is CNC(=O)C(C)n1c(C)nnc1SCC(=O)O. The predicted octanol–water partition coefficient (Wildman–Crippen LogP) is 0.0702. The van der Waals surface area contributed by atoms with Crippen LogP contribution in [-0.4, -0.2) is 44.5 Å². The van der Waals surface area contributed by atoms with Crippen LogP contribution in [0.1, 0.15) is 18.8 Å². The van der Waals surface area contributed by atoms with Gasteiger partial charge >= 0.3 is 5.97 Å². The zero-order chi connectivity index (χ0) is 13.0. The van der Waals surface area contributed by atoms with E-state index in [9.17, 15) is 9.59 Å². The number of nitrogens with one attached hydrogen (secondary N) is 1. The summed E-state index contributed by atoms with van der Waals surface area (Å²) in [6.07, 6.45) is 0. The van der Waals surface area contributed by atoms with E-state index in [0.29, 0.717) is 11.0 Å². The van der Waals surface area contributed by atoms with Gasteiger partial charge in [-0.15, -0.1) is 10.2 Å². The fourth-order valence-electron chi connectivity index (χ4n) is 1.35. The molecule has 0 saturated heterocycles. The van der Waals surface area contributed by atoms with Crippen LogP contribution in [-0.2, 0) is 9.59 Å². The van der Waals surface area contributed by atoms with Gasteiger partial charge in [-0.1, -0.05) is 11.8 Å². The number of rotatable bonds is 5. The molecule has 0 bridgehead atoms. The highest BCUT2D eigenvalue weighted by molar-refractivity contribution is 7.99. The standard InChI is InChI=1S/C9H14N4O3S/c1-5(8(16)10-3)13-6(2)11-12-9(13)17-4-7(14)15/h5H,4H2,1-3H3,(H,10,16)(H,14,15). The first-order chi connectivity index (χ1) is 7.97. The van der Waals surface area contributed by atoms with E-state index in [1.807, 2.05) is 0 Å². The van der Waals surface area contributed by atoms with Crippen LogP contribution in [0.3, 0.4) is 0 Å². The lowest BCUT2D eigenvalue weighted by Crippen LogP contribution is -2.28. The predicted molar refractivity (Wildman–Crippen MR) is 61.9 cm³/mol. The van der Waals surface area contributed by atoms with Gasteiger partial charge in [0.1, 0.15) is 11.9 Å². The van der Waals surface area contributed by atoms with Crippen molar-refractivity contribution in [2.75, 3.05) is 12.8 Å². The molecule has 7 nitrogen and oxygen atoms in total. The van der Waals surface area contributed by atoms with Crippen LogP contribution in [0.5, 0.6) is 0 Å². The second kappa shape index (κ2) is 5.67. The number of nitrogens with zero attached hydrogens (tertiary/aromatic N) is 3. The van der Waals surface area contributed by atoms with Crippen molar-refractivity contribution in [1.29, 1.82) is 0 Å². The molecule has 1 amide bonds. The van der Waals surface area contributed by atoms with Gasteiger partial charge < -0.3 is 10.4 Å². The van der Waals surface area contributed by atoms with Crippen molar-refractivity contribution in [2.24, 2.45) is 0 Å². The molecule has 0 fully saturated rings. The Morgan fingerprint density at radius 2 is 2.18 bits per heavy atom. The Hall–Kier alpha value is -1.57. The maximum absolute atomic E-state index is 11.5. The van der Waals surface area contributed by atoms with E-state index in [4.69, 9.17) is 5.11 Å². The highest BCUT2D eigenvalue weighted by Gasteiger charge is 2.20. The number of likely N-dealkylation sites (N-methyl/N-ethyl adjacent to an activating group) is 1. The van der Waals surface area contributed by atoms with Crippen molar-refractivity contribution >= 4 is 23.6 Å². The van der Waals surface area contributed by atoms with Crippen LogP contribution in [0.15, 0.2) is 5.16 Å². The molecule has 0 spiro atoms. The molecule has 1 aromatic heterocycles. The molecule has 0 aliphatic carbocycles. The van der Waals surface area contributed by atoms with Gasteiger partial charge in [0.15, 0.2) is 5.16 Å². The van der Waals surface area contributed by atoms with E-state index < -0.39 is 12.0 Å². The molecule has 0 aliphatic rings. The molecule has 1 atom stereocenters. The molecule has 0 aliphatic heterocycles. The monoisotopic (exact) mass is 258 g/mol. The maximum Gasteiger partial charge on any atom is 0.313 e. The Labute approximate surface area is 103 Å². The van der Waals surface area contributed by atoms with Crippen molar-refractivity contribution in [3.05, 3.63) is 5.82 Å². The number of carbonyl (C=O) groups excluding carboxylic acids is 1. The Balaban J connectivity index is 2.93. The van der Waals surface area contributed by atoms with Crippen molar-refractivity contribution in [3.8, 4) is 0 Å². The second-order valence-corrected chi connectivity index (χ2v) is 4.31. The lowest BCUT2D eigenvalue weighted by atomic mass is 10.3. The third-order valence-corrected chi connectivity index (χ3v) is 3.10. The van der Waals surface area contributed by atoms with Gasteiger partial charge in [-0.2, -0.15) is 0 Å². The molecule has 8 heteroatoms. The number of hydrogen-bond acceptors (Lipinski definition) is 5. The number of aromatic nitrogens is 3.